The molecule has 0 bridgehead atoms. The SMILES string of the molecule is O=S(=O)(c1ccc(C(F)(F)F)cc1)N1CCN(CCCOC(c2ccc(Cl)cc2)c2ccc(Cl)cc2)CC1. The molecule has 1 saturated heterocycles. The van der Waals surface area contributed by atoms with Gasteiger partial charge in [0.05, 0.1) is 10.5 Å². The number of piperazine rings is 1. The van der Waals surface area contributed by atoms with Gasteiger partial charge in [0.1, 0.15) is 6.10 Å². The summed E-state index contributed by atoms with van der Waals surface area (Å²) in [7, 11) is -3.86. The van der Waals surface area contributed by atoms with Gasteiger partial charge < -0.3 is 9.64 Å². The zero-order chi connectivity index (χ0) is 27.3. The molecule has 0 spiro atoms. The lowest BCUT2D eigenvalue weighted by Crippen LogP contribution is -2.48. The standard InChI is InChI=1S/C27H27Cl2F3N2O3S/c28-23-8-2-20(3-9-23)26(21-4-10-24(29)11-5-21)37-19-1-14-33-15-17-34(18-16-33)38(35,36)25-12-6-22(7-13-25)27(30,31)32/h2-13,26H,1,14-19H2. The summed E-state index contributed by atoms with van der Waals surface area (Å²) in [6.45, 7) is 2.79. The van der Waals surface area contributed by atoms with E-state index in [1.54, 1.807) is 0 Å². The van der Waals surface area contributed by atoms with Crippen molar-refractivity contribution in [3.05, 3.63) is 99.5 Å². The molecule has 5 nitrogen and oxygen atoms in total. The van der Waals surface area contributed by atoms with Crippen molar-refractivity contribution in [2.45, 2.75) is 23.6 Å². The average molecular weight is 587 g/mol. The Hall–Kier alpha value is -2.14. The third kappa shape index (κ3) is 7.28. The van der Waals surface area contributed by atoms with Crippen molar-refractivity contribution in [3.8, 4) is 0 Å². The van der Waals surface area contributed by atoms with Gasteiger partial charge in [0, 0.05) is 49.4 Å². The highest BCUT2D eigenvalue weighted by Crippen LogP contribution is 2.31. The van der Waals surface area contributed by atoms with E-state index in [1.807, 2.05) is 48.5 Å². The molecule has 3 aromatic carbocycles. The monoisotopic (exact) mass is 586 g/mol. The van der Waals surface area contributed by atoms with E-state index in [2.05, 4.69) is 4.90 Å². The number of nitrogens with zero attached hydrogens (tertiary/aromatic N) is 2. The predicted molar refractivity (Wildman–Crippen MR) is 142 cm³/mol. The first-order valence-electron chi connectivity index (χ1n) is 12.1. The molecule has 4 rings (SSSR count). The maximum absolute atomic E-state index is 12.9. The van der Waals surface area contributed by atoms with Gasteiger partial charge in [-0.15, -0.1) is 0 Å². The molecular weight excluding hydrogens is 560 g/mol. The van der Waals surface area contributed by atoms with Gasteiger partial charge in [0.25, 0.3) is 0 Å². The van der Waals surface area contributed by atoms with Crippen LogP contribution in [-0.4, -0.2) is 57.0 Å². The van der Waals surface area contributed by atoms with Crippen LogP contribution in [0.15, 0.2) is 77.7 Å². The van der Waals surface area contributed by atoms with Gasteiger partial charge in [0.15, 0.2) is 0 Å². The summed E-state index contributed by atoms with van der Waals surface area (Å²) in [6.07, 6.45) is -4.06. The fraction of sp³-hybridized carbons (Fsp3) is 0.333. The number of benzene rings is 3. The molecule has 0 radical (unpaired) electrons. The number of hydrogen-bond acceptors (Lipinski definition) is 4. The van der Waals surface area contributed by atoms with Gasteiger partial charge in [-0.2, -0.15) is 17.5 Å². The lowest BCUT2D eigenvalue weighted by atomic mass is 10.0. The summed E-state index contributed by atoms with van der Waals surface area (Å²) < 4.78 is 71.8. The van der Waals surface area contributed by atoms with Crippen LogP contribution in [0.5, 0.6) is 0 Å². The van der Waals surface area contributed by atoms with Crippen molar-refractivity contribution in [2.75, 3.05) is 39.3 Å². The third-order valence-corrected chi connectivity index (χ3v) is 8.82. The molecule has 0 atom stereocenters. The van der Waals surface area contributed by atoms with Gasteiger partial charge in [-0.05, 0) is 66.1 Å². The first kappa shape index (κ1) is 28.9. The molecule has 0 aliphatic carbocycles. The Kier molecular flexibility index (Phi) is 9.39. The molecule has 0 unspecified atom stereocenters. The fourth-order valence-electron chi connectivity index (χ4n) is 4.31. The number of rotatable bonds is 9. The molecule has 0 aromatic heterocycles. The average Bonchev–Trinajstić information content (AvgIpc) is 2.90. The van der Waals surface area contributed by atoms with Crippen LogP contribution in [-0.2, 0) is 20.9 Å². The van der Waals surface area contributed by atoms with E-state index in [9.17, 15) is 21.6 Å². The van der Waals surface area contributed by atoms with Crippen molar-refractivity contribution < 1.29 is 26.3 Å². The molecular formula is C27H27Cl2F3N2O3S. The van der Waals surface area contributed by atoms with Gasteiger partial charge in [-0.25, -0.2) is 8.42 Å². The van der Waals surface area contributed by atoms with E-state index in [4.69, 9.17) is 27.9 Å². The molecule has 204 valence electrons. The second kappa shape index (κ2) is 12.4. The van der Waals surface area contributed by atoms with Crippen LogP contribution >= 0.6 is 23.2 Å². The second-order valence-corrected chi connectivity index (χ2v) is 11.8. The number of alkyl halides is 3. The van der Waals surface area contributed by atoms with E-state index < -0.39 is 21.8 Å². The predicted octanol–water partition coefficient (Wildman–Crippen LogP) is 6.51. The van der Waals surface area contributed by atoms with Crippen LogP contribution in [0.3, 0.4) is 0 Å². The summed E-state index contributed by atoms with van der Waals surface area (Å²) in [6, 6.07) is 18.6. The number of ether oxygens (including phenoxy) is 1. The van der Waals surface area contributed by atoms with Crippen LogP contribution in [0.2, 0.25) is 10.0 Å². The Morgan fingerprint density at radius 2 is 1.29 bits per heavy atom. The van der Waals surface area contributed by atoms with Crippen molar-refractivity contribution in [3.63, 3.8) is 0 Å². The van der Waals surface area contributed by atoms with E-state index in [0.29, 0.717) is 29.7 Å². The van der Waals surface area contributed by atoms with E-state index in [0.717, 1.165) is 48.4 Å². The smallest absolute Gasteiger partial charge is 0.369 e. The van der Waals surface area contributed by atoms with Crippen molar-refractivity contribution in [1.82, 2.24) is 9.21 Å². The minimum atomic E-state index is -4.51. The van der Waals surface area contributed by atoms with Crippen LogP contribution in [0, 0.1) is 0 Å². The molecule has 1 fully saturated rings. The summed E-state index contributed by atoms with van der Waals surface area (Å²) in [5.74, 6) is 0. The summed E-state index contributed by atoms with van der Waals surface area (Å²) >= 11 is 12.1. The minimum absolute atomic E-state index is 0.136. The molecule has 0 N–H and O–H groups in total. The summed E-state index contributed by atoms with van der Waals surface area (Å²) in [5, 5.41) is 1.28. The Morgan fingerprint density at radius 3 is 1.76 bits per heavy atom. The largest absolute Gasteiger partial charge is 0.416 e. The molecule has 38 heavy (non-hydrogen) atoms. The highest BCUT2D eigenvalue weighted by Gasteiger charge is 2.32. The maximum atomic E-state index is 12.9. The highest BCUT2D eigenvalue weighted by atomic mass is 35.5. The van der Waals surface area contributed by atoms with E-state index in [1.165, 1.54) is 4.31 Å². The molecule has 1 aliphatic rings. The van der Waals surface area contributed by atoms with Gasteiger partial charge >= 0.3 is 6.18 Å². The Morgan fingerprint density at radius 1 is 0.789 bits per heavy atom. The van der Waals surface area contributed by atoms with Crippen LogP contribution < -0.4 is 0 Å². The van der Waals surface area contributed by atoms with Gasteiger partial charge in [-0.1, -0.05) is 47.5 Å². The lowest BCUT2D eigenvalue weighted by molar-refractivity contribution is -0.137. The number of sulfonamides is 1. The van der Waals surface area contributed by atoms with Crippen LogP contribution in [0.25, 0.3) is 0 Å². The first-order chi connectivity index (χ1) is 18.0. The van der Waals surface area contributed by atoms with Crippen LogP contribution in [0.4, 0.5) is 13.2 Å². The number of hydrogen-bond donors (Lipinski definition) is 0. The van der Waals surface area contributed by atoms with Crippen LogP contribution in [0.1, 0.15) is 29.2 Å². The highest BCUT2D eigenvalue weighted by molar-refractivity contribution is 7.89. The molecule has 11 heteroatoms. The summed E-state index contributed by atoms with van der Waals surface area (Å²) in [5.41, 5.74) is 1.07. The quantitative estimate of drug-likeness (QED) is 0.268. The van der Waals surface area contributed by atoms with E-state index in [-0.39, 0.29) is 24.1 Å². The molecule has 1 heterocycles. The first-order valence-corrected chi connectivity index (χ1v) is 14.3. The second-order valence-electron chi connectivity index (χ2n) is 8.98. The lowest BCUT2D eigenvalue weighted by Gasteiger charge is -2.34. The number of halogens is 5. The molecule has 0 amide bonds. The maximum Gasteiger partial charge on any atom is 0.416 e. The third-order valence-electron chi connectivity index (χ3n) is 6.40. The summed E-state index contributed by atoms with van der Waals surface area (Å²) in [4.78, 5) is 2.02. The van der Waals surface area contributed by atoms with Crippen molar-refractivity contribution in [2.24, 2.45) is 0 Å². The van der Waals surface area contributed by atoms with Crippen molar-refractivity contribution in [1.29, 1.82) is 0 Å². The minimum Gasteiger partial charge on any atom is -0.369 e. The fourth-order valence-corrected chi connectivity index (χ4v) is 5.98. The molecule has 0 saturated carbocycles. The Bertz CT molecular complexity index is 1250. The topological polar surface area (TPSA) is 49.9 Å². The van der Waals surface area contributed by atoms with Crippen molar-refractivity contribution >= 4 is 33.2 Å². The Balaban J connectivity index is 1.28. The molecule has 3 aromatic rings. The zero-order valence-corrected chi connectivity index (χ0v) is 22.7. The molecule has 1 aliphatic heterocycles. The zero-order valence-electron chi connectivity index (χ0n) is 20.4. The normalized spacial score (nSPS) is 15.7. The Labute approximate surface area is 230 Å². The van der Waals surface area contributed by atoms with E-state index >= 15 is 0 Å². The van der Waals surface area contributed by atoms with Gasteiger partial charge in [-0.3, -0.25) is 0 Å². The van der Waals surface area contributed by atoms with Gasteiger partial charge in [0.2, 0.25) is 10.0 Å².